The number of aromatic nitrogens is 3. The molecule has 0 unspecified atom stereocenters. The van der Waals surface area contributed by atoms with Crippen LogP contribution >= 0.6 is 11.8 Å². The van der Waals surface area contributed by atoms with Gasteiger partial charge in [-0.15, -0.1) is 10.2 Å². The zero-order valence-corrected chi connectivity index (χ0v) is 16.2. The summed E-state index contributed by atoms with van der Waals surface area (Å²) in [6.07, 6.45) is 0.857. The fourth-order valence-corrected chi connectivity index (χ4v) is 4.19. The molecule has 6 nitrogen and oxygen atoms in total. The Hall–Kier alpha value is -2.87. The number of carbonyl (C=O) groups excluding carboxylic acids is 1. The largest absolute Gasteiger partial charge is 0.337 e. The van der Waals surface area contributed by atoms with Crippen LogP contribution in [0.2, 0.25) is 0 Å². The topological polar surface area (TPSA) is 77.0 Å². The fourth-order valence-electron chi connectivity index (χ4n) is 3.33. The standard InChI is InChI=1S/C20H20FN5OS/c1-13(19(27)25-10-9-14-5-2-3-6-16(14)12-25)28-20-24-23-18(26(20)22)15-7-4-8-17(21)11-15/h2-8,11,13H,9-10,12,22H2,1H3/t13-/m1/s1. The van der Waals surface area contributed by atoms with Crippen LogP contribution in [-0.2, 0) is 17.8 Å². The lowest BCUT2D eigenvalue weighted by molar-refractivity contribution is -0.131. The molecule has 0 spiro atoms. The van der Waals surface area contributed by atoms with E-state index in [1.165, 1.54) is 39.7 Å². The predicted molar refractivity (Wildman–Crippen MR) is 106 cm³/mol. The summed E-state index contributed by atoms with van der Waals surface area (Å²) >= 11 is 1.25. The van der Waals surface area contributed by atoms with Crippen molar-refractivity contribution in [2.24, 2.45) is 0 Å². The number of nitrogen functional groups attached to an aromatic ring is 1. The zero-order chi connectivity index (χ0) is 19.7. The minimum Gasteiger partial charge on any atom is -0.337 e. The number of nitrogens with two attached hydrogens (primary N) is 1. The van der Waals surface area contributed by atoms with Gasteiger partial charge in [0.15, 0.2) is 5.82 Å². The highest BCUT2D eigenvalue weighted by atomic mass is 32.2. The second-order valence-electron chi connectivity index (χ2n) is 6.73. The zero-order valence-electron chi connectivity index (χ0n) is 15.4. The Bertz CT molecular complexity index is 1020. The van der Waals surface area contributed by atoms with E-state index in [1.54, 1.807) is 12.1 Å². The van der Waals surface area contributed by atoms with E-state index in [1.807, 2.05) is 24.0 Å². The molecule has 1 aliphatic rings. The molecule has 8 heteroatoms. The monoisotopic (exact) mass is 397 g/mol. The second-order valence-corrected chi connectivity index (χ2v) is 8.03. The summed E-state index contributed by atoms with van der Waals surface area (Å²) in [7, 11) is 0. The lowest BCUT2D eigenvalue weighted by Crippen LogP contribution is -2.40. The molecule has 0 radical (unpaired) electrons. The number of hydrogen-bond donors (Lipinski definition) is 1. The fraction of sp³-hybridized carbons (Fsp3) is 0.250. The lowest BCUT2D eigenvalue weighted by Gasteiger charge is -2.30. The summed E-state index contributed by atoms with van der Waals surface area (Å²) in [4.78, 5) is 14.8. The normalized spacial score (nSPS) is 14.6. The van der Waals surface area contributed by atoms with E-state index >= 15 is 0 Å². The molecule has 0 saturated carbocycles. The Morgan fingerprint density at radius 1 is 1.18 bits per heavy atom. The van der Waals surface area contributed by atoms with E-state index in [0.717, 1.165) is 6.42 Å². The first kappa shape index (κ1) is 18.5. The molecule has 1 aliphatic heterocycles. The molecular weight excluding hydrogens is 377 g/mol. The molecule has 2 N–H and O–H groups in total. The number of thioether (sulfide) groups is 1. The average Bonchev–Trinajstić information content (AvgIpc) is 3.07. The minimum absolute atomic E-state index is 0.0369. The number of fused-ring (bicyclic) bond motifs is 1. The van der Waals surface area contributed by atoms with Crippen molar-refractivity contribution in [2.75, 3.05) is 12.4 Å². The molecule has 28 heavy (non-hydrogen) atoms. The highest BCUT2D eigenvalue weighted by molar-refractivity contribution is 8.00. The van der Waals surface area contributed by atoms with Crippen LogP contribution in [0.25, 0.3) is 11.4 Å². The van der Waals surface area contributed by atoms with Gasteiger partial charge in [0.2, 0.25) is 11.1 Å². The van der Waals surface area contributed by atoms with Crippen LogP contribution in [0.4, 0.5) is 4.39 Å². The number of benzene rings is 2. The number of amides is 1. The van der Waals surface area contributed by atoms with E-state index in [4.69, 9.17) is 5.84 Å². The molecule has 1 aromatic heterocycles. The molecule has 1 amide bonds. The van der Waals surface area contributed by atoms with Gasteiger partial charge in [-0.1, -0.05) is 48.2 Å². The van der Waals surface area contributed by atoms with Gasteiger partial charge in [0.25, 0.3) is 0 Å². The van der Waals surface area contributed by atoms with Crippen molar-refractivity contribution in [2.45, 2.75) is 30.3 Å². The van der Waals surface area contributed by atoms with Crippen molar-refractivity contribution < 1.29 is 9.18 Å². The maximum Gasteiger partial charge on any atom is 0.236 e. The number of halogens is 1. The van der Waals surface area contributed by atoms with E-state index in [-0.39, 0.29) is 17.0 Å². The third kappa shape index (κ3) is 3.60. The van der Waals surface area contributed by atoms with E-state index in [9.17, 15) is 9.18 Å². The van der Waals surface area contributed by atoms with Crippen LogP contribution in [0.3, 0.4) is 0 Å². The van der Waals surface area contributed by atoms with Crippen molar-refractivity contribution in [1.82, 2.24) is 19.8 Å². The van der Waals surface area contributed by atoms with Gasteiger partial charge in [0, 0.05) is 18.7 Å². The highest BCUT2D eigenvalue weighted by Crippen LogP contribution is 2.27. The van der Waals surface area contributed by atoms with Crippen LogP contribution in [0.5, 0.6) is 0 Å². The van der Waals surface area contributed by atoms with Gasteiger partial charge < -0.3 is 10.7 Å². The van der Waals surface area contributed by atoms with Crippen LogP contribution in [0.15, 0.2) is 53.7 Å². The minimum atomic E-state index is -0.372. The summed E-state index contributed by atoms with van der Waals surface area (Å²) in [5, 5.41) is 8.19. The Labute approximate surface area is 166 Å². The molecule has 2 heterocycles. The SMILES string of the molecule is C[C@@H](Sc1nnc(-c2cccc(F)c2)n1N)C(=O)N1CCc2ccccc2C1. The third-order valence-corrected chi connectivity index (χ3v) is 5.86. The van der Waals surface area contributed by atoms with Crippen molar-refractivity contribution >= 4 is 17.7 Å². The Kier molecular flexibility index (Phi) is 5.04. The van der Waals surface area contributed by atoms with Crippen molar-refractivity contribution in [1.29, 1.82) is 0 Å². The first-order valence-electron chi connectivity index (χ1n) is 9.01. The van der Waals surface area contributed by atoms with Crippen molar-refractivity contribution in [3.05, 3.63) is 65.5 Å². The molecule has 4 rings (SSSR count). The first-order valence-corrected chi connectivity index (χ1v) is 9.89. The lowest BCUT2D eigenvalue weighted by atomic mass is 10.00. The molecule has 0 bridgehead atoms. The van der Waals surface area contributed by atoms with Crippen LogP contribution in [-0.4, -0.2) is 37.5 Å². The molecule has 0 fully saturated rings. The van der Waals surface area contributed by atoms with E-state index in [0.29, 0.717) is 29.6 Å². The Morgan fingerprint density at radius 3 is 2.75 bits per heavy atom. The summed E-state index contributed by atoms with van der Waals surface area (Å²) in [5.41, 5.74) is 3.02. The highest BCUT2D eigenvalue weighted by Gasteiger charge is 2.27. The second kappa shape index (κ2) is 7.63. The quantitative estimate of drug-likeness (QED) is 0.541. The molecular formula is C20H20FN5OS. The van der Waals surface area contributed by atoms with Crippen molar-refractivity contribution in [3.8, 4) is 11.4 Å². The number of rotatable bonds is 4. The molecule has 144 valence electrons. The maximum atomic E-state index is 13.5. The molecule has 2 aromatic carbocycles. The Morgan fingerprint density at radius 2 is 1.96 bits per heavy atom. The molecule has 1 atom stereocenters. The van der Waals surface area contributed by atoms with Gasteiger partial charge in [0.1, 0.15) is 5.82 Å². The number of carbonyl (C=O) groups is 1. The summed E-state index contributed by atoms with van der Waals surface area (Å²) in [5.74, 6) is 6.12. The smallest absolute Gasteiger partial charge is 0.236 e. The predicted octanol–water partition coefficient (Wildman–Crippen LogP) is 2.86. The van der Waals surface area contributed by atoms with Crippen LogP contribution < -0.4 is 5.84 Å². The Balaban J connectivity index is 1.47. The first-order chi connectivity index (χ1) is 13.5. The maximum absolute atomic E-state index is 13.5. The van der Waals surface area contributed by atoms with Crippen LogP contribution in [0, 0.1) is 5.82 Å². The van der Waals surface area contributed by atoms with Gasteiger partial charge >= 0.3 is 0 Å². The van der Waals surface area contributed by atoms with Crippen LogP contribution in [0.1, 0.15) is 18.1 Å². The van der Waals surface area contributed by atoms with E-state index in [2.05, 4.69) is 22.3 Å². The molecule has 0 saturated heterocycles. The van der Waals surface area contributed by atoms with Gasteiger partial charge in [-0.05, 0) is 36.6 Å². The molecule has 3 aromatic rings. The molecule has 0 aliphatic carbocycles. The van der Waals surface area contributed by atoms with E-state index < -0.39 is 0 Å². The van der Waals surface area contributed by atoms with Gasteiger partial charge in [0.05, 0.1) is 5.25 Å². The van der Waals surface area contributed by atoms with Gasteiger partial charge in [-0.3, -0.25) is 4.79 Å². The third-order valence-electron chi connectivity index (χ3n) is 4.82. The number of hydrogen-bond acceptors (Lipinski definition) is 5. The summed E-state index contributed by atoms with van der Waals surface area (Å²) < 4.78 is 14.8. The van der Waals surface area contributed by atoms with Gasteiger partial charge in [-0.2, -0.15) is 0 Å². The average molecular weight is 397 g/mol. The van der Waals surface area contributed by atoms with Crippen molar-refractivity contribution in [3.63, 3.8) is 0 Å². The summed E-state index contributed by atoms with van der Waals surface area (Å²) in [6.45, 7) is 3.15. The number of nitrogens with zero attached hydrogens (tertiary/aromatic N) is 4. The van der Waals surface area contributed by atoms with Gasteiger partial charge in [-0.25, -0.2) is 9.07 Å². The summed E-state index contributed by atoms with van der Waals surface area (Å²) in [6, 6.07) is 14.2.